The quantitative estimate of drug-likeness (QED) is 0.761. The fourth-order valence-electron chi connectivity index (χ4n) is 1.71. The number of benzene rings is 1. The van der Waals surface area contributed by atoms with Crippen molar-refractivity contribution in [1.82, 2.24) is 5.32 Å². The van der Waals surface area contributed by atoms with Crippen LogP contribution in [0.3, 0.4) is 0 Å². The molecule has 0 aliphatic rings. The lowest BCUT2D eigenvalue weighted by Gasteiger charge is -2.24. The first-order chi connectivity index (χ1) is 8.03. The van der Waals surface area contributed by atoms with Gasteiger partial charge in [-0.25, -0.2) is 0 Å². The van der Waals surface area contributed by atoms with Gasteiger partial charge in [-0.2, -0.15) is 0 Å². The molecule has 0 aromatic heterocycles. The normalized spacial score (nSPS) is 13.6. The number of nitrogens with two attached hydrogens (primary N) is 1. The average Bonchev–Trinajstić information content (AvgIpc) is 2.30. The second kappa shape index (κ2) is 6.77. The highest BCUT2D eigenvalue weighted by atomic mass is 14.9. The molecule has 96 valence electrons. The standard InChI is InChI=1S/C15H26N2/c1-4-15(2,3)12-17-11-14(16)10-13-8-6-5-7-9-13/h5-9,14,17H,4,10-12,16H2,1-3H3/t14-/m1/s1. The SMILES string of the molecule is CCC(C)(C)CNC[C@H](N)Cc1ccccc1. The van der Waals surface area contributed by atoms with Crippen LogP contribution >= 0.6 is 0 Å². The molecule has 0 fully saturated rings. The van der Waals surface area contributed by atoms with Crippen molar-refractivity contribution in [3.8, 4) is 0 Å². The molecular weight excluding hydrogens is 208 g/mol. The Morgan fingerprint density at radius 2 is 1.88 bits per heavy atom. The first-order valence-corrected chi connectivity index (χ1v) is 6.54. The van der Waals surface area contributed by atoms with Gasteiger partial charge in [-0.05, 0) is 23.8 Å². The summed E-state index contributed by atoms with van der Waals surface area (Å²) < 4.78 is 0. The minimum absolute atomic E-state index is 0.199. The molecule has 1 aromatic carbocycles. The van der Waals surface area contributed by atoms with Gasteiger partial charge in [0.15, 0.2) is 0 Å². The van der Waals surface area contributed by atoms with Crippen molar-refractivity contribution in [2.24, 2.45) is 11.1 Å². The van der Waals surface area contributed by atoms with E-state index in [9.17, 15) is 0 Å². The fraction of sp³-hybridized carbons (Fsp3) is 0.600. The summed E-state index contributed by atoms with van der Waals surface area (Å²) >= 11 is 0. The Bertz CT molecular complexity index is 306. The van der Waals surface area contributed by atoms with Crippen LogP contribution in [-0.4, -0.2) is 19.1 Å². The predicted octanol–water partition coefficient (Wildman–Crippen LogP) is 2.58. The Morgan fingerprint density at radius 3 is 2.47 bits per heavy atom. The maximum atomic E-state index is 6.11. The van der Waals surface area contributed by atoms with Gasteiger partial charge >= 0.3 is 0 Å². The zero-order valence-electron chi connectivity index (χ0n) is 11.4. The van der Waals surface area contributed by atoms with Crippen molar-refractivity contribution in [1.29, 1.82) is 0 Å². The van der Waals surface area contributed by atoms with Crippen molar-refractivity contribution in [2.45, 2.75) is 39.7 Å². The average molecular weight is 234 g/mol. The molecule has 0 bridgehead atoms. The molecule has 0 unspecified atom stereocenters. The first-order valence-electron chi connectivity index (χ1n) is 6.54. The summed E-state index contributed by atoms with van der Waals surface area (Å²) in [5, 5.41) is 3.47. The first kappa shape index (κ1) is 14.2. The molecule has 0 saturated carbocycles. The Balaban J connectivity index is 2.24. The monoisotopic (exact) mass is 234 g/mol. The van der Waals surface area contributed by atoms with Gasteiger partial charge in [0, 0.05) is 19.1 Å². The van der Waals surface area contributed by atoms with E-state index < -0.39 is 0 Å². The molecular formula is C15H26N2. The van der Waals surface area contributed by atoms with E-state index in [1.807, 2.05) is 6.07 Å². The van der Waals surface area contributed by atoms with Crippen molar-refractivity contribution >= 4 is 0 Å². The Hall–Kier alpha value is -0.860. The molecule has 0 aliphatic heterocycles. The van der Waals surface area contributed by atoms with Gasteiger partial charge in [0.25, 0.3) is 0 Å². The van der Waals surface area contributed by atoms with Gasteiger partial charge in [0.05, 0.1) is 0 Å². The molecule has 3 N–H and O–H groups in total. The summed E-state index contributed by atoms with van der Waals surface area (Å²) in [6.45, 7) is 8.71. The second-order valence-electron chi connectivity index (χ2n) is 5.60. The van der Waals surface area contributed by atoms with Crippen LogP contribution in [-0.2, 0) is 6.42 Å². The van der Waals surface area contributed by atoms with E-state index in [4.69, 9.17) is 5.73 Å². The van der Waals surface area contributed by atoms with Crippen LogP contribution < -0.4 is 11.1 Å². The lowest BCUT2D eigenvalue weighted by Crippen LogP contribution is -2.39. The molecule has 2 heteroatoms. The Morgan fingerprint density at radius 1 is 1.24 bits per heavy atom. The van der Waals surface area contributed by atoms with Crippen LogP contribution in [0.4, 0.5) is 0 Å². The Labute approximate surface area is 106 Å². The molecule has 0 radical (unpaired) electrons. The topological polar surface area (TPSA) is 38.0 Å². The summed E-state index contributed by atoms with van der Waals surface area (Å²) in [4.78, 5) is 0. The van der Waals surface area contributed by atoms with Crippen LogP contribution in [0.5, 0.6) is 0 Å². The summed E-state index contributed by atoms with van der Waals surface area (Å²) in [6.07, 6.45) is 2.13. The summed E-state index contributed by atoms with van der Waals surface area (Å²) in [6, 6.07) is 10.6. The van der Waals surface area contributed by atoms with Crippen molar-refractivity contribution < 1.29 is 0 Å². The number of hydrogen-bond acceptors (Lipinski definition) is 2. The summed E-state index contributed by atoms with van der Waals surface area (Å²) in [7, 11) is 0. The predicted molar refractivity (Wildman–Crippen MR) is 75.1 cm³/mol. The molecule has 17 heavy (non-hydrogen) atoms. The molecule has 0 heterocycles. The lowest BCUT2D eigenvalue weighted by atomic mass is 9.90. The van der Waals surface area contributed by atoms with Gasteiger partial charge in [0.1, 0.15) is 0 Å². The van der Waals surface area contributed by atoms with E-state index in [2.05, 4.69) is 50.4 Å². The van der Waals surface area contributed by atoms with E-state index in [0.717, 1.165) is 19.5 Å². The molecule has 0 aliphatic carbocycles. The third kappa shape index (κ3) is 5.85. The van der Waals surface area contributed by atoms with E-state index in [0.29, 0.717) is 5.41 Å². The minimum Gasteiger partial charge on any atom is -0.326 e. The zero-order chi connectivity index (χ0) is 12.7. The number of rotatable bonds is 7. The van der Waals surface area contributed by atoms with E-state index in [-0.39, 0.29) is 6.04 Å². The van der Waals surface area contributed by atoms with Crippen molar-refractivity contribution in [3.63, 3.8) is 0 Å². The molecule has 0 amide bonds. The van der Waals surface area contributed by atoms with Crippen LogP contribution in [0.15, 0.2) is 30.3 Å². The second-order valence-corrected chi connectivity index (χ2v) is 5.60. The molecule has 1 atom stereocenters. The third-order valence-corrected chi connectivity index (χ3v) is 3.31. The van der Waals surface area contributed by atoms with Crippen LogP contribution in [0, 0.1) is 5.41 Å². The van der Waals surface area contributed by atoms with Gasteiger partial charge in [0.2, 0.25) is 0 Å². The Kier molecular flexibility index (Phi) is 5.66. The molecule has 0 spiro atoms. The maximum Gasteiger partial charge on any atom is 0.0206 e. The highest BCUT2D eigenvalue weighted by Crippen LogP contribution is 2.17. The van der Waals surface area contributed by atoms with Gasteiger partial charge < -0.3 is 11.1 Å². The number of hydrogen-bond donors (Lipinski definition) is 2. The number of nitrogens with one attached hydrogen (secondary N) is 1. The molecule has 2 nitrogen and oxygen atoms in total. The van der Waals surface area contributed by atoms with Gasteiger partial charge in [-0.3, -0.25) is 0 Å². The summed E-state index contributed by atoms with van der Waals surface area (Å²) in [5.41, 5.74) is 7.80. The van der Waals surface area contributed by atoms with Crippen molar-refractivity contribution in [2.75, 3.05) is 13.1 Å². The van der Waals surface area contributed by atoms with Crippen LogP contribution in [0.1, 0.15) is 32.8 Å². The van der Waals surface area contributed by atoms with E-state index in [1.165, 1.54) is 12.0 Å². The highest BCUT2D eigenvalue weighted by molar-refractivity contribution is 5.15. The highest BCUT2D eigenvalue weighted by Gasteiger charge is 2.14. The van der Waals surface area contributed by atoms with Crippen molar-refractivity contribution in [3.05, 3.63) is 35.9 Å². The van der Waals surface area contributed by atoms with Gasteiger partial charge in [-0.15, -0.1) is 0 Å². The zero-order valence-corrected chi connectivity index (χ0v) is 11.4. The molecule has 1 aromatic rings. The van der Waals surface area contributed by atoms with Crippen LogP contribution in [0.25, 0.3) is 0 Å². The third-order valence-electron chi connectivity index (χ3n) is 3.31. The minimum atomic E-state index is 0.199. The molecule has 0 saturated heterocycles. The van der Waals surface area contributed by atoms with Gasteiger partial charge in [-0.1, -0.05) is 51.1 Å². The maximum absolute atomic E-state index is 6.11. The molecule has 1 rings (SSSR count). The lowest BCUT2D eigenvalue weighted by molar-refractivity contribution is 0.324. The van der Waals surface area contributed by atoms with E-state index >= 15 is 0 Å². The van der Waals surface area contributed by atoms with Crippen LogP contribution in [0.2, 0.25) is 0 Å². The summed E-state index contributed by atoms with van der Waals surface area (Å²) in [5.74, 6) is 0. The fourth-order valence-corrected chi connectivity index (χ4v) is 1.71. The van der Waals surface area contributed by atoms with E-state index in [1.54, 1.807) is 0 Å². The smallest absolute Gasteiger partial charge is 0.0206 e. The largest absolute Gasteiger partial charge is 0.326 e.